The third-order valence-corrected chi connectivity index (χ3v) is 3.99. The van der Waals surface area contributed by atoms with Crippen molar-refractivity contribution in [3.05, 3.63) is 29.8 Å². The zero-order valence-corrected chi connectivity index (χ0v) is 13.0. The number of thioether (sulfide) groups is 1. The number of nitrogens with one attached hydrogen (secondary N) is 1. The summed E-state index contributed by atoms with van der Waals surface area (Å²) >= 11 is 1.80. The van der Waals surface area contributed by atoms with E-state index in [1.54, 1.807) is 11.8 Å². The van der Waals surface area contributed by atoms with Crippen LogP contribution >= 0.6 is 11.8 Å². The second-order valence-corrected chi connectivity index (χ2v) is 6.09. The van der Waals surface area contributed by atoms with Crippen molar-refractivity contribution in [2.24, 2.45) is 5.92 Å². The topological polar surface area (TPSA) is 12.0 Å². The minimum atomic E-state index is 0.518. The molecule has 0 spiro atoms. The molecule has 1 aromatic rings. The predicted octanol–water partition coefficient (Wildman–Crippen LogP) is 4.89. The van der Waals surface area contributed by atoms with Crippen molar-refractivity contribution >= 4 is 11.8 Å². The van der Waals surface area contributed by atoms with Gasteiger partial charge in [0.05, 0.1) is 0 Å². The van der Waals surface area contributed by atoms with Gasteiger partial charge >= 0.3 is 0 Å². The SMILES string of the molecule is CCNC(CCCC(C)C)c1ccc(SC)cc1. The standard InChI is InChI=1S/C16H27NS/c1-5-17-16(8-6-7-13(2)3)14-9-11-15(18-4)12-10-14/h9-13,16-17H,5-8H2,1-4H3. The Labute approximate surface area is 117 Å². The van der Waals surface area contributed by atoms with Gasteiger partial charge in [-0.1, -0.05) is 45.7 Å². The Morgan fingerprint density at radius 3 is 2.28 bits per heavy atom. The number of rotatable bonds is 8. The van der Waals surface area contributed by atoms with Crippen LogP contribution in [0.25, 0.3) is 0 Å². The maximum absolute atomic E-state index is 3.60. The molecule has 1 atom stereocenters. The highest BCUT2D eigenvalue weighted by molar-refractivity contribution is 7.98. The highest BCUT2D eigenvalue weighted by atomic mass is 32.2. The molecule has 1 N–H and O–H groups in total. The van der Waals surface area contributed by atoms with Gasteiger partial charge in [-0.25, -0.2) is 0 Å². The van der Waals surface area contributed by atoms with Gasteiger partial charge in [0.2, 0.25) is 0 Å². The van der Waals surface area contributed by atoms with E-state index in [1.807, 2.05) is 0 Å². The number of hydrogen-bond acceptors (Lipinski definition) is 2. The molecule has 0 saturated heterocycles. The quantitative estimate of drug-likeness (QED) is 0.672. The maximum Gasteiger partial charge on any atom is 0.0320 e. The van der Waals surface area contributed by atoms with Crippen LogP contribution in [0.2, 0.25) is 0 Å². The van der Waals surface area contributed by atoms with Crippen LogP contribution in [0.3, 0.4) is 0 Å². The van der Waals surface area contributed by atoms with Crippen LogP contribution in [-0.4, -0.2) is 12.8 Å². The van der Waals surface area contributed by atoms with Crippen LogP contribution in [0.1, 0.15) is 51.6 Å². The first-order valence-corrected chi connectivity index (χ1v) is 8.27. The molecule has 2 heteroatoms. The van der Waals surface area contributed by atoms with Crippen LogP contribution < -0.4 is 5.32 Å². The lowest BCUT2D eigenvalue weighted by Gasteiger charge is -2.19. The third-order valence-electron chi connectivity index (χ3n) is 3.24. The van der Waals surface area contributed by atoms with Crippen molar-refractivity contribution in [3.8, 4) is 0 Å². The molecule has 0 aliphatic rings. The fraction of sp³-hybridized carbons (Fsp3) is 0.625. The molecule has 0 amide bonds. The van der Waals surface area contributed by atoms with Gasteiger partial charge in [0.1, 0.15) is 0 Å². The minimum Gasteiger partial charge on any atom is -0.310 e. The van der Waals surface area contributed by atoms with Gasteiger partial charge in [0.15, 0.2) is 0 Å². The molecule has 0 radical (unpaired) electrons. The first-order valence-electron chi connectivity index (χ1n) is 7.04. The van der Waals surface area contributed by atoms with Gasteiger partial charge in [-0.05, 0) is 42.8 Å². The van der Waals surface area contributed by atoms with E-state index in [0.29, 0.717) is 6.04 Å². The molecule has 102 valence electrons. The highest BCUT2D eigenvalue weighted by Gasteiger charge is 2.10. The smallest absolute Gasteiger partial charge is 0.0320 e. The van der Waals surface area contributed by atoms with Crippen LogP contribution in [0.4, 0.5) is 0 Å². The molecular weight excluding hydrogens is 238 g/mol. The van der Waals surface area contributed by atoms with E-state index < -0.39 is 0 Å². The van der Waals surface area contributed by atoms with Crippen molar-refractivity contribution in [2.45, 2.75) is 51.0 Å². The van der Waals surface area contributed by atoms with Crippen LogP contribution in [0.15, 0.2) is 29.2 Å². The lowest BCUT2D eigenvalue weighted by Crippen LogP contribution is -2.20. The lowest BCUT2D eigenvalue weighted by atomic mass is 9.98. The molecular formula is C16H27NS. The van der Waals surface area contributed by atoms with E-state index >= 15 is 0 Å². The molecule has 0 aromatic heterocycles. The molecule has 0 aliphatic carbocycles. The van der Waals surface area contributed by atoms with Gasteiger partial charge < -0.3 is 5.32 Å². The van der Waals surface area contributed by atoms with Gasteiger partial charge in [-0.2, -0.15) is 0 Å². The zero-order valence-electron chi connectivity index (χ0n) is 12.2. The summed E-state index contributed by atoms with van der Waals surface area (Å²) in [6.45, 7) is 7.83. The molecule has 0 heterocycles. The van der Waals surface area contributed by atoms with Crippen LogP contribution in [0, 0.1) is 5.92 Å². The zero-order chi connectivity index (χ0) is 13.4. The molecule has 0 bridgehead atoms. The van der Waals surface area contributed by atoms with Crippen molar-refractivity contribution in [3.63, 3.8) is 0 Å². The van der Waals surface area contributed by atoms with Crippen molar-refractivity contribution in [2.75, 3.05) is 12.8 Å². The Bertz CT molecular complexity index is 318. The van der Waals surface area contributed by atoms with Crippen molar-refractivity contribution in [1.29, 1.82) is 0 Å². The fourth-order valence-electron chi connectivity index (χ4n) is 2.20. The molecule has 1 aromatic carbocycles. The largest absolute Gasteiger partial charge is 0.310 e. The van der Waals surface area contributed by atoms with Gasteiger partial charge in [-0.15, -0.1) is 11.8 Å². The normalized spacial score (nSPS) is 12.9. The average molecular weight is 265 g/mol. The third kappa shape index (κ3) is 5.45. The van der Waals surface area contributed by atoms with Crippen LogP contribution in [0.5, 0.6) is 0 Å². The molecule has 0 fully saturated rings. The Balaban J connectivity index is 2.58. The highest BCUT2D eigenvalue weighted by Crippen LogP contribution is 2.23. The van der Waals surface area contributed by atoms with Gasteiger partial charge in [-0.3, -0.25) is 0 Å². The minimum absolute atomic E-state index is 0.518. The van der Waals surface area contributed by atoms with E-state index in [0.717, 1.165) is 12.5 Å². The molecule has 1 unspecified atom stereocenters. The lowest BCUT2D eigenvalue weighted by molar-refractivity contribution is 0.455. The summed E-state index contributed by atoms with van der Waals surface area (Å²) in [5.41, 5.74) is 1.43. The predicted molar refractivity (Wildman–Crippen MR) is 83.3 cm³/mol. The van der Waals surface area contributed by atoms with E-state index in [4.69, 9.17) is 0 Å². The molecule has 18 heavy (non-hydrogen) atoms. The van der Waals surface area contributed by atoms with E-state index in [9.17, 15) is 0 Å². The molecule has 0 saturated carbocycles. The van der Waals surface area contributed by atoms with Gasteiger partial charge in [0.25, 0.3) is 0 Å². The first kappa shape index (κ1) is 15.6. The van der Waals surface area contributed by atoms with Gasteiger partial charge in [0, 0.05) is 10.9 Å². The first-order chi connectivity index (χ1) is 8.67. The fourth-order valence-corrected chi connectivity index (χ4v) is 2.61. The Morgan fingerprint density at radius 2 is 1.78 bits per heavy atom. The second kappa shape index (κ2) is 8.60. The summed E-state index contributed by atoms with van der Waals surface area (Å²) < 4.78 is 0. The second-order valence-electron chi connectivity index (χ2n) is 5.21. The Hall–Kier alpha value is -0.470. The van der Waals surface area contributed by atoms with Crippen molar-refractivity contribution in [1.82, 2.24) is 5.32 Å². The average Bonchev–Trinajstić information content (AvgIpc) is 2.37. The Kier molecular flexibility index (Phi) is 7.45. The van der Waals surface area contributed by atoms with Crippen molar-refractivity contribution < 1.29 is 0 Å². The Morgan fingerprint density at radius 1 is 1.11 bits per heavy atom. The number of benzene rings is 1. The maximum atomic E-state index is 3.60. The van der Waals surface area contributed by atoms with E-state index in [1.165, 1.54) is 29.7 Å². The molecule has 0 aliphatic heterocycles. The summed E-state index contributed by atoms with van der Waals surface area (Å²) in [6.07, 6.45) is 5.99. The molecule has 1 nitrogen and oxygen atoms in total. The van der Waals surface area contributed by atoms with E-state index in [2.05, 4.69) is 56.6 Å². The van der Waals surface area contributed by atoms with E-state index in [-0.39, 0.29) is 0 Å². The summed E-state index contributed by atoms with van der Waals surface area (Å²) in [4.78, 5) is 1.34. The number of hydrogen-bond donors (Lipinski definition) is 1. The summed E-state index contributed by atoms with van der Waals surface area (Å²) in [5.74, 6) is 0.811. The monoisotopic (exact) mass is 265 g/mol. The van der Waals surface area contributed by atoms with Crippen LogP contribution in [-0.2, 0) is 0 Å². The summed E-state index contributed by atoms with van der Waals surface area (Å²) in [5, 5.41) is 3.60. The summed E-state index contributed by atoms with van der Waals surface area (Å²) in [7, 11) is 0. The molecule has 1 rings (SSSR count). The summed E-state index contributed by atoms with van der Waals surface area (Å²) in [6, 6.07) is 9.52.